The predicted molar refractivity (Wildman–Crippen MR) is 179 cm³/mol. The number of carbonyl (C=O) groups is 2. The van der Waals surface area contributed by atoms with E-state index in [0.29, 0.717) is 22.2 Å². The summed E-state index contributed by atoms with van der Waals surface area (Å²) in [6.45, 7) is 2.19. The molecule has 7 nitrogen and oxygen atoms in total. The standard InChI is InChI=1S/C34H41Cl2N3O4S/c1-25-11-9-16-29(21-25)39(44(2,42)43)20-10-17-33(40)38(24-27-18-19-30(35)31(36)22-27)32(23-26-12-5-3-6-13-26)34(41)37-28-14-7-4-8-15-28/h3,5-6,9,11-13,16,18-19,21-22,28,32H,4,7-8,10,14-15,17,20,23-24H2,1-2H3,(H,37,41)/t32-/m1/s1. The summed E-state index contributed by atoms with van der Waals surface area (Å²) < 4.78 is 26.7. The predicted octanol–water partition coefficient (Wildman–Crippen LogP) is 6.94. The molecule has 1 saturated carbocycles. The van der Waals surface area contributed by atoms with E-state index in [1.165, 1.54) is 10.6 Å². The summed E-state index contributed by atoms with van der Waals surface area (Å²) >= 11 is 12.5. The molecule has 0 bridgehead atoms. The maximum Gasteiger partial charge on any atom is 0.243 e. The second-order valence-corrected chi connectivity index (χ2v) is 14.3. The highest BCUT2D eigenvalue weighted by Gasteiger charge is 2.32. The van der Waals surface area contributed by atoms with Crippen molar-refractivity contribution in [2.24, 2.45) is 0 Å². The van der Waals surface area contributed by atoms with E-state index in [9.17, 15) is 18.0 Å². The molecule has 0 aliphatic heterocycles. The lowest BCUT2D eigenvalue weighted by atomic mass is 9.94. The molecule has 0 unspecified atom stereocenters. The van der Waals surface area contributed by atoms with Gasteiger partial charge in [0, 0.05) is 32.0 Å². The highest BCUT2D eigenvalue weighted by molar-refractivity contribution is 7.92. The van der Waals surface area contributed by atoms with Crippen LogP contribution in [-0.2, 0) is 32.6 Å². The zero-order valence-electron chi connectivity index (χ0n) is 25.3. The molecule has 44 heavy (non-hydrogen) atoms. The smallest absolute Gasteiger partial charge is 0.243 e. The van der Waals surface area contributed by atoms with Crippen molar-refractivity contribution >= 4 is 50.7 Å². The van der Waals surface area contributed by atoms with E-state index in [4.69, 9.17) is 23.2 Å². The number of nitrogens with zero attached hydrogens (tertiary/aromatic N) is 2. The molecule has 3 aromatic rings. The molecule has 0 aromatic heterocycles. The fourth-order valence-electron chi connectivity index (χ4n) is 5.72. The lowest BCUT2D eigenvalue weighted by Gasteiger charge is -2.34. The molecule has 3 aromatic carbocycles. The van der Waals surface area contributed by atoms with Crippen molar-refractivity contribution < 1.29 is 18.0 Å². The minimum atomic E-state index is -3.58. The van der Waals surface area contributed by atoms with Gasteiger partial charge in [-0.25, -0.2) is 8.42 Å². The minimum absolute atomic E-state index is 0.0567. The van der Waals surface area contributed by atoms with E-state index in [2.05, 4.69) is 5.32 Å². The van der Waals surface area contributed by atoms with E-state index in [-0.39, 0.29) is 43.8 Å². The van der Waals surface area contributed by atoms with Gasteiger partial charge in [0.1, 0.15) is 6.04 Å². The molecular weight excluding hydrogens is 617 g/mol. The maximum atomic E-state index is 14.1. The highest BCUT2D eigenvalue weighted by Crippen LogP contribution is 2.26. The van der Waals surface area contributed by atoms with Gasteiger partial charge in [-0.05, 0) is 67.1 Å². The van der Waals surface area contributed by atoms with Gasteiger partial charge in [-0.3, -0.25) is 13.9 Å². The van der Waals surface area contributed by atoms with Gasteiger partial charge in [0.05, 0.1) is 22.0 Å². The van der Waals surface area contributed by atoms with Crippen LogP contribution >= 0.6 is 23.2 Å². The Labute approximate surface area is 271 Å². The number of carbonyl (C=O) groups excluding carboxylic acids is 2. The molecule has 0 heterocycles. The number of hydrogen-bond donors (Lipinski definition) is 1. The average molecular weight is 659 g/mol. The monoisotopic (exact) mass is 657 g/mol. The van der Waals surface area contributed by atoms with Crippen LogP contribution in [0.15, 0.2) is 72.8 Å². The number of hydrogen-bond acceptors (Lipinski definition) is 4. The van der Waals surface area contributed by atoms with Gasteiger partial charge < -0.3 is 10.2 Å². The van der Waals surface area contributed by atoms with Gasteiger partial charge >= 0.3 is 0 Å². The molecule has 10 heteroatoms. The fraction of sp³-hybridized carbons (Fsp3) is 0.412. The van der Waals surface area contributed by atoms with Crippen molar-refractivity contribution in [2.45, 2.75) is 76.9 Å². The Morgan fingerprint density at radius 2 is 1.64 bits per heavy atom. The molecule has 1 aliphatic rings. The zero-order valence-corrected chi connectivity index (χ0v) is 27.7. The van der Waals surface area contributed by atoms with Crippen molar-refractivity contribution in [1.29, 1.82) is 0 Å². The van der Waals surface area contributed by atoms with Crippen LogP contribution in [0.4, 0.5) is 5.69 Å². The number of amides is 2. The van der Waals surface area contributed by atoms with Gasteiger partial charge in [-0.1, -0.05) is 91.0 Å². The SMILES string of the molecule is Cc1cccc(N(CCCC(=O)N(Cc2ccc(Cl)c(Cl)c2)[C@H](Cc2ccccc2)C(=O)NC2CCCCC2)S(C)(=O)=O)c1. The summed E-state index contributed by atoms with van der Waals surface area (Å²) in [4.78, 5) is 29.6. The van der Waals surface area contributed by atoms with Crippen LogP contribution in [0, 0.1) is 6.92 Å². The van der Waals surface area contributed by atoms with Crippen LogP contribution in [0.1, 0.15) is 61.6 Å². The third kappa shape index (κ3) is 9.71. The Hall–Kier alpha value is -3.07. The van der Waals surface area contributed by atoms with Crippen LogP contribution in [-0.4, -0.2) is 50.0 Å². The van der Waals surface area contributed by atoms with Gasteiger partial charge in [-0.2, -0.15) is 0 Å². The molecule has 1 aliphatic carbocycles. The van der Waals surface area contributed by atoms with E-state index in [0.717, 1.165) is 48.8 Å². The van der Waals surface area contributed by atoms with Crippen molar-refractivity contribution in [3.63, 3.8) is 0 Å². The summed E-state index contributed by atoms with van der Waals surface area (Å²) in [5.74, 6) is -0.430. The molecule has 0 saturated heterocycles. The van der Waals surface area contributed by atoms with E-state index < -0.39 is 16.1 Å². The van der Waals surface area contributed by atoms with E-state index >= 15 is 0 Å². The van der Waals surface area contributed by atoms with Gasteiger partial charge in [0.15, 0.2) is 0 Å². The van der Waals surface area contributed by atoms with Gasteiger partial charge in [0.25, 0.3) is 0 Å². The van der Waals surface area contributed by atoms with Crippen molar-refractivity contribution in [3.05, 3.63) is 99.5 Å². The highest BCUT2D eigenvalue weighted by atomic mass is 35.5. The van der Waals surface area contributed by atoms with E-state index in [1.54, 1.807) is 29.2 Å². The van der Waals surface area contributed by atoms with E-state index in [1.807, 2.05) is 55.5 Å². The number of nitrogens with one attached hydrogen (secondary N) is 1. The molecule has 4 rings (SSSR count). The van der Waals surface area contributed by atoms with Gasteiger partial charge in [0.2, 0.25) is 21.8 Å². The summed E-state index contributed by atoms with van der Waals surface area (Å²) in [6.07, 6.45) is 6.98. The number of benzene rings is 3. The molecule has 0 spiro atoms. The zero-order chi connectivity index (χ0) is 31.7. The number of halogens is 2. The molecular formula is C34H41Cl2N3O4S. The normalized spacial score (nSPS) is 14.5. The van der Waals surface area contributed by atoms with Crippen molar-refractivity contribution in [2.75, 3.05) is 17.1 Å². The quantitative estimate of drug-likeness (QED) is 0.216. The lowest BCUT2D eigenvalue weighted by molar-refractivity contribution is -0.141. The Kier molecular flexibility index (Phi) is 12.1. The first-order valence-electron chi connectivity index (χ1n) is 15.1. The topological polar surface area (TPSA) is 86.8 Å². The molecule has 1 atom stereocenters. The second-order valence-electron chi connectivity index (χ2n) is 11.6. The maximum absolute atomic E-state index is 14.1. The third-order valence-corrected chi connectivity index (χ3v) is 9.93. The van der Waals surface area contributed by atoms with Crippen molar-refractivity contribution in [3.8, 4) is 0 Å². The largest absolute Gasteiger partial charge is 0.352 e. The molecule has 1 N–H and O–H groups in total. The average Bonchev–Trinajstić information content (AvgIpc) is 2.99. The van der Waals surface area contributed by atoms with Crippen LogP contribution < -0.4 is 9.62 Å². The third-order valence-electron chi connectivity index (χ3n) is 8.00. The second kappa shape index (κ2) is 15.8. The summed E-state index contributed by atoms with van der Waals surface area (Å²) in [5, 5.41) is 4.00. The number of aryl methyl sites for hydroxylation is 1. The number of rotatable bonds is 13. The number of anilines is 1. The van der Waals surface area contributed by atoms with Crippen LogP contribution in [0.25, 0.3) is 0 Å². The van der Waals surface area contributed by atoms with Crippen LogP contribution in [0.2, 0.25) is 10.0 Å². The first-order chi connectivity index (χ1) is 21.0. The van der Waals surface area contributed by atoms with Crippen LogP contribution in [0.3, 0.4) is 0 Å². The molecule has 0 radical (unpaired) electrons. The molecule has 236 valence electrons. The molecule has 2 amide bonds. The van der Waals surface area contributed by atoms with Gasteiger partial charge in [-0.15, -0.1) is 0 Å². The first-order valence-corrected chi connectivity index (χ1v) is 17.7. The van der Waals surface area contributed by atoms with Crippen molar-refractivity contribution in [1.82, 2.24) is 10.2 Å². The fourth-order valence-corrected chi connectivity index (χ4v) is 7.00. The Morgan fingerprint density at radius 3 is 2.30 bits per heavy atom. The van der Waals surface area contributed by atoms with Crippen LogP contribution in [0.5, 0.6) is 0 Å². The lowest BCUT2D eigenvalue weighted by Crippen LogP contribution is -2.52. The molecule has 1 fully saturated rings. The minimum Gasteiger partial charge on any atom is -0.352 e. The Balaban J connectivity index is 1.61. The number of sulfonamides is 1. The first kappa shape index (κ1) is 33.8. The Bertz CT molecular complexity index is 1530. The summed E-state index contributed by atoms with van der Waals surface area (Å²) in [7, 11) is -3.58. The summed E-state index contributed by atoms with van der Waals surface area (Å²) in [6, 6.07) is 21.4. The Morgan fingerprint density at radius 1 is 0.909 bits per heavy atom. The summed E-state index contributed by atoms with van der Waals surface area (Å²) in [5.41, 5.74) is 3.17.